The highest BCUT2D eigenvalue weighted by molar-refractivity contribution is 6.17. The van der Waals surface area contributed by atoms with Gasteiger partial charge < -0.3 is 18.9 Å². The summed E-state index contributed by atoms with van der Waals surface area (Å²) in [7, 11) is 2.77. The van der Waals surface area contributed by atoms with Crippen LogP contribution in [0, 0.1) is 0 Å². The molecule has 0 N–H and O–H groups in total. The van der Waals surface area contributed by atoms with Gasteiger partial charge in [-0.2, -0.15) is 0 Å². The van der Waals surface area contributed by atoms with Crippen molar-refractivity contribution < 1.29 is 23.7 Å². The number of fused-ring (bicyclic) bond motifs is 1. The highest BCUT2D eigenvalue weighted by Crippen LogP contribution is 2.38. The molecule has 1 unspecified atom stereocenters. The number of esters is 1. The Kier molecular flexibility index (Phi) is 7.12. The highest BCUT2D eigenvalue weighted by Gasteiger charge is 2.23. The second kappa shape index (κ2) is 11.0. The zero-order chi connectivity index (χ0) is 25.6. The topological polar surface area (TPSA) is 79.8 Å². The molecule has 1 aliphatic carbocycles. The van der Waals surface area contributed by atoms with Crippen LogP contribution in [0.2, 0.25) is 0 Å². The van der Waals surface area contributed by atoms with Crippen LogP contribution in [0.5, 0.6) is 23.3 Å². The molecule has 0 fully saturated rings. The van der Waals surface area contributed by atoms with Gasteiger partial charge in [-0.05, 0) is 47.7 Å². The quantitative estimate of drug-likeness (QED) is 0.162. The average molecular weight is 495 g/mol. The lowest BCUT2D eigenvalue weighted by atomic mass is 9.93. The number of nitrogens with zero attached hydrogens (tertiary/aromatic N) is 2. The predicted octanol–water partition coefficient (Wildman–Crippen LogP) is 6.30. The summed E-state index contributed by atoms with van der Waals surface area (Å²) < 4.78 is 21.9. The monoisotopic (exact) mass is 494 g/mol. The van der Waals surface area contributed by atoms with Crippen LogP contribution in [0.15, 0.2) is 91.5 Å². The maximum Gasteiger partial charge on any atom is 0.341 e. The molecule has 1 heterocycles. The Bertz CT molecular complexity index is 1430. The molecule has 1 aromatic heterocycles. The Morgan fingerprint density at radius 3 is 2.41 bits per heavy atom. The number of para-hydroxylation sites is 1. The summed E-state index contributed by atoms with van der Waals surface area (Å²) in [6, 6.07) is 25.4. The molecule has 37 heavy (non-hydrogen) atoms. The van der Waals surface area contributed by atoms with Crippen LogP contribution in [-0.2, 0) is 20.7 Å². The van der Waals surface area contributed by atoms with Crippen molar-refractivity contribution in [1.29, 1.82) is 0 Å². The molecule has 0 aliphatic heterocycles. The fraction of sp³-hybridized carbons (Fsp3) is 0.167. The van der Waals surface area contributed by atoms with E-state index in [1.807, 2.05) is 12.1 Å². The van der Waals surface area contributed by atoms with Crippen LogP contribution in [0.25, 0.3) is 5.57 Å². The van der Waals surface area contributed by atoms with E-state index in [1.54, 1.807) is 30.3 Å². The van der Waals surface area contributed by atoms with Gasteiger partial charge in [0.25, 0.3) is 0 Å². The number of aromatic nitrogens is 2. The lowest BCUT2D eigenvalue weighted by Crippen LogP contribution is -2.06. The Morgan fingerprint density at radius 2 is 1.62 bits per heavy atom. The lowest BCUT2D eigenvalue weighted by molar-refractivity contribution is -0.133. The van der Waals surface area contributed by atoms with Crippen LogP contribution in [0.4, 0.5) is 0 Å². The number of carbonyl (C=O) groups is 1. The number of benzene rings is 3. The first-order valence-corrected chi connectivity index (χ1v) is 11.9. The third-order valence-electron chi connectivity index (χ3n) is 6.29. The minimum atomic E-state index is -0.547. The smallest absolute Gasteiger partial charge is 0.341 e. The fourth-order valence-electron chi connectivity index (χ4n) is 4.57. The molecule has 0 saturated heterocycles. The molecule has 0 bridgehead atoms. The molecule has 0 spiro atoms. The Balaban J connectivity index is 1.32. The number of aryl methyl sites for hydroxylation is 1. The molecule has 0 saturated carbocycles. The van der Waals surface area contributed by atoms with Gasteiger partial charge in [-0.25, -0.2) is 14.8 Å². The van der Waals surface area contributed by atoms with Crippen molar-refractivity contribution in [3.05, 3.63) is 114 Å². The first kappa shape index (κ1) is 24.1. The largest absolute Gasteiger partial charge is 0.503 e. The van der Waals surface area contributed by atoms with Gasteiger partial charge >= 0.3 is 5.97 Å². The molecular formula is C30H26N2O5. The van der Waals surface area contributed by atoms with Gasteiger partial charge in [-0.15, -0.1) is 0 Å². The van der Waals surface area contributed by atoms with Crippen molar-refractivity contribution in [2.75, 3.05) is 14.2 Å². The summed E-state index contributed by atoms with van der Waals surface area (Å²) in [6.45, 7) is 0. The van der Waals surface area contributed by atoms with Gasteiger partial charge in [0, 0.05) is 11.5 Å². The summed E-state index contributed by atoms with van der Waals surface area (Å²) in [5.74, 6) is 1.53. The Labute approximate surface area is 215 Å². The van der Waals surface area contributed by atoms with E-state index in [0.29, 0.717) is 28.9 Å². The predicted molar refractivity (Wildman–Crippen MR) is 139 cm³/mol. The van der Waals surface area contributed by atoms with E-state index in [0.717, 1.165) is 12.8 Å². The van der Waals surface area contributed by atoms with Gasteiger partial charge in [-0.1, -0.05) is 54.6 Å². The third kappa shape index (κ3) is 5.30. The number of methoxy groups -OCH3 is 2. The SMILES string of the molecule is CO/C=C(/C(=O)OC)c1ccccc1Oc1cc(Oc2ccc(C3CCc4ccccc43)cc2)ncn1. The molecule has 4 aromatic rings. The van der Waals surface area contributed by atoms with Crippen LogP contribution >= 0.6 is 0 Å². The van der Waals surface area contributed by atoms with Crippen molar-refractivity contribution in [2.45, 2.75) is 18.8 Å². The molecule has 7 heteroatoms. The van der Waals surface area contributed by atoms with E-state index in [1.165, 1.54) is 43.5 Å². The van der Waals surface area contributed by atoms with Gasteiger partial charge in [0.1, 0.15) is 23.4 Å². The summed E-state index contributed by atoms with van der Waals surface area (Å²) in [5, 5.41) is 0. The summed E-state index contributed by atoms with van der Waals surface area (Å²) in [6.07, 6.45) is 4.90. The zero-order valence-electron chi connectivity index (χ0n) is 20.6. The summed E-state index contributed by atoms with van der Waals surface area (Å²) in [5.41, 5.74) is 4.83. The van der Waals surface area contributed by atoms with Crippen molar-refractivity contribution in [3.63, 3.8) is 0 Å². The van der Waals surface area contributed by atoms with Gasteiger partial charge in [-0.3, -0.25) is 0 Å². The van der Waals surface area contributed by atoms with Crippen LogP contribution in [-0.4, -0.2) is 30.2 Å². The molecule has 0 radical (unpaired) electrons. The minimum absolute atomic E-state index is 0.219. The number of carbonyl (C=O) groups excluding carboxylic acids is 1. The third-order valence-corrected chi connectivity index (χ3v) is 6.29. The van der Waals surface area contributed by atoms with Crippen molar-refractivity contribution in [2.24, 2.45) is 0 Å². The van der Waals surface area contributed by atoms with Crippen LogP contribution in [0.3, 0.4) is 0 Å². The van der Waals surface area contributed by atoms with Gasteiger partial charge in [0.15, 0.2) is 0 Å². The van der Waals surface area contributed by atoms with E-state index in [9.17, 15) is 4.79 Å². The number of hydrogen-bond acceptors (Lipinski definition) is 7. The molecule has 0 amide bonds. The zero-order valence-corrected chi connectivity index (χ0v) is 20.6. The second-order valence-electron chi connectivity index (χ2n) is 8.51. The van der Waals surface area contributed by atoms with Crippen molar-refractivity contribution in [3.8, 4) is 23.3 Å². The maximum atomic E-state index is 12.3. The highest BCUT2D eigenvalue weighted by atomic mass is 16.5. The van der Waals surface area contributed by atoms with E-state index < -0.39 is 5.97 Å². The number of rotatable bonds is 8. The molecule has 7 nitrogen and oxygen atoms in total. The molecule has 5 rings (SSSR count). The Morgan fingerprint density at radius 1 is 0.892 bits per heavy atom. The van der Waals surface area contributed by atoms with Gasteiger partial charge in [0.2, 0.25) is 11.8 Å². The lowest BCUT2D eigenvalue weighted by Gasteiger charge is -2.14. The van der Waals surface area contributed by atoms with E-state index >= 15 is 0 Å². The normalized spacial score (nSPS) is 14.5. The first-order valence-electron chi connectivity index (χ1n) is 11.9. The maximum absolute atomic E-state index is 12.3. The second-order valence-corrected chi connectivity index (χ2v) is 8.51. The molecular weight excluding hydrogens is 468 g/mol. The minimum Gasteiger partial charge on any atom is -0.503 e. The summed E-state index contributed by atoms with van der Waals surface area (Å²) in [4.78, 5) is 20.7. The molecule has 1 aliphatic rings. The number of hydrogen-bond donors (Lipinski definition) is 0. The standard InChI is InChI=1S/C30H26N2O5/c1-34-18-26(30(33)35-2)25-9-5-6-10-27(25)37-29-17-28(31-19-32-29)36-22-14-11-21(12-15-22)24-16-13-20-7-3-4-8-23(20)24/h3-12,14-15,17-19,24H,13,16H2,1-2H3/b26-18+. The summed E-state index contributed by atoms with van der Waals surface area (Å²) >= 11 is 0. The van der Waals surface area contributed by atoms with Crippen LogP contribution < -0.4 is 9.47 Å². The Hall–Kier alpha value is -4.65. The average Bonchev–Trinajstić information content (AvgIpc) is 3.37. The van der Waals surface area contributed by atoms with Crippen LogP contribution in [0.1, 0.15) is 34.6 Å². The molecule has 3 aromatic carbocycles. The van der Waals surface area contributed by atoms with E-state index in [-0.39, 0.29) is 11.5 Å². The fourth-order valence-corrected chi connectivity index (χ4v) is 4.57. The van der Waals surface area contributed by atoms with E-state index in [4.69, 9.17) is 18.9 Å². The first-order chi connectivity index (χ1) is 18.2. The molecule has 1 atom stereocenters. The van der Waals surface area contributed by atoms with E-state index in [2.05, 4.69) is 46.4 Å². The molecule has 186 valence electrons. The number of ether oxygens (including phenoxy) is 4. The van der Waals surface area contributed by atoms with Gasteiger partial charge in [0.05, 0.1) is 26.5 Å². The van der Waals surface area contributed by atoms with Crippen molar-refractivity contribution >= 4 is 11.5 Å². The van der Waals surface area contributed by atoms with Crippen molar-refractivity contribution in [1.82, 2.24) is 9.97 Å².